The summed E-state index contributed by atoms with van der Waals surface area (Å²) in [5.74, 6) is 0. The van der Waals surface area contributed by atoms with Crippen molar-refractivity contribution in [2.45, 2.75) is 19.8 Å². The summed E-state index contributed by atoms with van der Waals surface area (Å²) in [6.45, 7) is 11.1. The lowest BCUT2D eigenvalue weighted by molar-refractivity contribution is 0.0147. The van der Waals surface area contributed by atoms with Crippen LogP contribution in [0, 0.1) is 0 Å². The van der Waals surface area contributed by atoms with E-state index in [2.05, 4.69) is 18.8 Å². The Kier molecular flexibility index (Phi) is 14.8. The van der Waals surface area contributed by atoms with Crippen LogP contribution in [0.15, 0.2) is 11.6 Å². The molecular weight excluding hydrogens is 254 g/mol. The van der Waals surface area contributed by atoms with E-state index in [9.17, 15) is 0 Å². The lowest BCUT2D eigenvalue weighted by Crippen LogP contribution is -2.21. The zero-order chi connectivity index (χ0) is 13.5. The standard InChI is InChI=1S/C13H26ClNO3/c1-3-4-6-16-8-10-18-11-9-17-7-5-15-12-13(2)14/h15H,2-12H2,1H3. The second-order valence-electron chi connectivity index (χ2n) is 3.88. The van der Waals surface area contributed by atoms with Gasteiger partial charge in [0.15, 0.2) is 0 Å². The molecule has 4 nitrogen and oxygen atoms in total. The molecule has 0 saturated carbocycles. The molecule has 0 atom stereocenters. The quantitative estimate of drug-likeness (QED) is 0.495. The van der Waals surface area contributed by atoms with Gasteiger partial charge < -0.3 is 19.5 Å². The summed E-state index contributed by atoms with van der Waals surface area (Å²) in [6.07, 6.45) is 2.28. The van der Waals surface area contributed by atoms with Crippen molar-refractivity contribution in [2.75, 3.05) is 52.7 Å². The number of ether oxygens (including phenoxy) is 3. The van der Waals surface area contributed by atoms with E-state index in [-0.39, 0.29) is 0 Å². The molecule has 0 spiro atoms. The summed E-state index contributed by atoms with van der Waals surface area (Å²) in [4.78, 5) is 0. The van der Waals surface area contributed by atoms with E-state index in [0.29, 0.717) is 44.6 Å². The smallest absolute Gasteiger partial charge is 0.0701 e. The molecule has 0 fully saturated rings. The Morgan fingerprint density at radius 3 is 2.11 bits per heavy atom. The maximum absolute atomic E-state index is 5.59. The van der Waals surface area contributed by atoms with Crippen molar-refractivity contribution in [1.82, 2.24) is 5.32 Å². The highest BCUT2D eigenvalue weighted by Gasteiger charge is 1.92. The van der Waals surface area contributed by atoms with Crippen molar-refractivity contribution >= 4 is 11.6 Å². The lowest BCUT2D eigenvalue weighted by atomic mass is 10.4. The Morgan fingerprint density at radius 1 is 1.00 bits per heavy atom. The highest BCUT2D eigenvalue weighted by Crippen LogP contribution is 1.91. The minimum Gasteiger partial charge on any atom is -0.379 e. The van der Waals surface area contributed by atoms with Crippen LogP contribution in [0.4, 0.5) is 0 Å². The molecule has 0 bridgehead atoms. The molecular formula is C13H26ClNO3. The first-order valence-corrected chi connectivity index (χ1v) is 6.92. The average molecular weight is 280 g/mol. The van der Waals surface area contributed by atoms with Crippen LogP contribution in [0.3, 0.4) is 0 Å². The number of unbranched alkanes of at least 4 members (excludes halogenated alkanes) is 1. The predicted molar refractivity (Wildman–Crippen MR) is 75.2 cm³/mol. The molecule has 0 rings (SSSR count). The molecule has 0 aliphatic carbocycles. The first-order valence-electron chi connectivity index (χ1n) is 6.54. The van der Waals surface area contributed by atoms with E-state index in [1.807, 2.05) is 0 Å². The number of halogens is 1. The van der Waals surface area contributed by atoms with Crippen LogP contribution >= 0.6 is 11.6 Å². The second-order valence-corrected chi connectivity index (χ2v) is 4.42. The molecule has 0 aromatic heterocycles. The van der Waals surface area contributed by atoms with Crippen molar-refractivity contribution in [3.8, 4) is 0 Å². The summed E-state index contributed by atoms with van der Waals surface area (Å²) in [5, 5.41) is 3.71. The van der Waals surface area contributed by atoms with E-state index in [0.717, 1.165) is 19.6 Å². The third-order valence-electron chi connectivity index (χ3n) is 2.13. The molecule has 18 heavy (non-hydrogen) atoms. The van der Waals surface area contributed by atoms with Gasteiger partial charge in [-0.25, -0.2) is 0 Å². The Morgan fingerprint density at radius 2 is 1.56 bits per heavy atom. The lowest BCUT2D eigenvalue weighted by Gasteiger charge is -2.07. The third-order valence-corrected chi connectivity index (χ3v) is 2.26. The first-order chi connectivity index (χ1) is 8.77. The highest BCUT2D eigenvalue weighted by atomic mass is 35.5. The summed E-state index contributed by atoms with van der Waals surface area (Å²) in [6, 6.07) is 0. The number of rotatable bonds is 14. The topological polar surface area (TPSA) is 39.7 Å². The molecule has 0 heterocycles. The summed E-state index contributed by atoms with van der Waals surface area (Å²) < 4.78 is 16.1. The van der Waals surface area contributed by atoms with Gasteiger partial charge in [-0.3, -0.25) is 0 Å². The SMILES string of the molecule is C=C(Cl)CNCCOCCOCCOCCCC. The van der Waals surface area contributed by atoms with Gasteiger partial charge in [0.2, 0.25) is 0 Å². The number of nitrogens with one attached hydrogen (secondary N) is 1. The zero-order valence-corrected chi connectivity index (χ0v) is 12.1. The first kappa shape index (κ1) is 17.9. The molecule has 0 radical (unpaired) electrons. The van der Waals surface area contributed by atoms with Crippen LogP contribution in [-0.2, 0) is 14.2 Å². The summed E-state index contributed by atoms with van der Waals surface area (Å²) in [5.41, 5.74) is 0. The van der Waals surface area contributed by atoms with E-state index >= 15 is 0 Å². The molecule has 1 N–H and O–H groups in total. The number of hydrogen-bond donors (Lipinski definition) is 1. The van der Waals surface area contributed by atoms with Crippen LogP contribution in [-0.4, -0.2) is 52.7 Å². The molecule has 0 saturated heterocycles. The molecule has 0 aromatic carbocycles. The fourth-order valence-electron chi connectivity index (χ4n) is 1.16. The Balaban J connectivity index is 2.92. The van der Waals surface area contributed by atoms with E-state index in [1.54, 1.807) is 0 Å². The largest absolute Gasteiger partial charge is 0.379 e. The monoisotopic (exact) mass is 279 g/mol. The molecule has 0 aliphatic heterocycles. The van der Waals surface area contributed by atoms with Crippen molar-refractivity contribution in [3.05, 3.63) is 11.6 Å². The minimum absolute atomic E-state index is 0.610. The van der Waals surface area contributed by atoms with Crippen molar-refractivity contribution in [3.63, 3.8) is 0 Å². The van der Waals surface area contributed by atoms with Crippen LogP contribution in [0.2, 0.25) is 0 Å². The fraction of sp³-hybridized carbons (Fsp3) is 0.846. The molecule has 0 unspecified atom stereocenters. The third kappa shape index (κ3) is 15.9. The van der Waals surface area contributed by atoms with Gasteiger partial charge in [0.05, 0.1) is 33.0 Å². The van der Waals surface area contributed by atoms with Gasteiger partial charge in [-0.15, -0.1) is 0 Å². The van der Waals surface area contributed by atoms with Crippen LogP contribution in [0.25, 0.3) is 0 Å². The normalized spacial score (nSPS) is 10.8. The van der Waals surface area contributed by atoms with E-state index < -0.39 is 0 Å². The Hall–Kier alpha value is -0.130. The predicted octanol–water partition coefficient (Wildman–Crippen LogP) is 2.18. The Labute approximate surface area is 116 Å². The van der Waals surface area contributed by atoms with Crippen LogP contribution < -0.4 is 5.32 Å². The van der Waals surface area contributed by atoms with Crippen molar-refractivity contribution in [1.29, 1.82) is 0 Å². The van der Waals surface area contributed by atoms with E-state index in [1.165, 1.54) is 6.42 Å². The average Bonchev–Trinajstić information content (AvgIpc) is 2.34. The second kappa shape index (κ2) is 14.9. The maximum Gasteiger partial charge on any atom is 0.0701 e. The van der Waals surface area contributed by atoms with Crippen LogP contribution in [0.1, 0.15) is 19.8 Å². The van der Waals surface area contributed by atoms with Gasteiger partial charge in [-0.05, 0) is 6.42 Å². The zero-order valence-electron chi connectivity index (χ0n) is 11.4. The Bertz CT molecular complexity index is 191. The maximum atomic E-state index is 5.59. The van der Waals surface area contributed by atoms with Gasteiger partial charge in [0.1, 0.15) is 0 Å². The highest BCUT2D eigenvalue weighted by molar-refractivity contribution is 6.29. The molecule has 0 aliphatic rings. The van der Waals surface area contributed by atoms with Gasteiger partial charge in [0, 0.05) is 24.7 Å². The number of hydrogen-bond acceptors (Lipinski definition) is 4. The summed E-state index contributed by atoms with van der Waals surface area (Å²) in [7, 11) is 0. The minimum atomic E-state index is 0.610. The fourth-order valence-corrected chi connectivity index (χ4v) is 1.25. The molecule has 0 aromatic rings. The van der Waals surface area contributed by atoms with Gasteiger partial charge in [-0.2, -0.15) is 0 Å². The van der Waals surface area contributed by atoms with Crippen molar-refractivity contribution < 1.29 is 14.2 Å². The molecule has 108 valence electrons. The molecule has 0 amide bonds. The molecule has 5 heteroatoms. The van der Waals surface area contributed by atoms with Gasteiger partial charge in [-0.1, -0.05) is 31.5 Å². The van der Waals surface area contributed by atoms with Gasteiger partial charge >= 0.3 is 0 Å². The van der Waals surface area contributed by atoms with Crippen molar-refractivity contribution in [2.24, 2.45) is 0 Å². The van der Waals surface area contributed by atoms with Gasteiger partial charge in [0.25, 0.3) is 0 Å². The van der Waals surface area contributed by atoms with Crippen LogP contribution in [0.5, 0.6) is 0 Å². The summed E-state index contributed by atoms with van der Waals surface area (Å²) >= 11 is 5.59. The van der Waals surface area contributed by atoms with E-state index in [4.69, 9.17) is 25.8 Å².